The monoisotopic (exact) mass is 352 g/mol. The van der Waals surface area contributed by atoms with Crippen LogP contribution < -0.4 is 5.32 Å². The maximum atomic E-state index is 12.1. The van der Waals surface area contributed by atoms with Gasteiger partial charge in [-0.15, -0.1) is 0 Å². The molecule has 0 radical (unpaired) electrons. The second-order valence-electron chi connectivity index (χ2n) is 5.89. The third-order valence-electron chi connectivity index (χ3n) is 3.95. The first kappa shape index (κ1) is 17.5. The molecule has 1 aromatic heterocycles. The van der Waals surface area contributed by atoms with Crippen molar-refractivity contribution < 1.29 is 19.1 Å². The van der Waals surface area contributed by atoms with Gasteiger partial charge in [-0.1, -0.05) is 48.5 Å². The van der Waals surface area contributed by atoms with E-state index in [1.165, 1.54) is 0 Å². The van der Waals surface area contributed by atoms with E-state index in [4.69, 9.17) is 9.47 Å². The van der Waals surface area contributed by atoms with E-state index in [0.717, 1.165) is 22.0 Å². The van der Waals surface area contributed by atoms with Crippen LogP contribution in [0.25, 0.3) is 10.9 Å². The molecular weight excluding hydrogens is 332 g/mol. The largest absolute Gasteiger partial charge is 0.459 e. The van der Waals surface area contributed by atoms with Crippen LogP contribution in [0.5, 0.6) is 0 Å². The number of esters is 1. The number of benzene rings is 2. The standard InChI is InChI=1S/C20H20N2O4/c1-14(22-20(24)26-12-15-7-3-2-4-8-15)19(23)25-13-16-11-21-18-10-6-5-9-17(16)18/h2-11,14,21H,12-13H2,1H3,(H,22,24)/t14-/m0/s1. The molecule has 2 N–H and O–H groups in total. The molecule has 1 heterocycles. The van der Waals surface area contributed by atoms with Crippen LogP contribution in [-0.2, 0) is 27.5 Å². The van der Waals surface area contributed by atoms with E-state index in [0.29, 0.717) is 0 Å². The average molecular weight is 352 g/mol. The molecule has 26 heavy (non-hydrogen) atoms. The van der Waals surface area contributed by atoms with E-state index in [9.17, 15) is 9.59 Å². The molecule has 0 spiro atoms. The summed E-state index contributed by atoms with van der Waals surface area (Å²) >= 11 is 0. The minimum absolute atomic E-state index is 0.133. The number of nitrogens with one attached hydrogen (secondary N) is 2. The summed E-state index contributed by atoms with van der Waals surface area (Å²) in [4.78, 5) is 27.0. The zero-order valence-corrected chi connectivity index (χ0v) is 14.4. The topological polar surface area (TPSA) is 80.4 Å². The summed E-state index contributed by atoms with van der Waals surface area (Å²) in [6, 6.07) is 16.3. The Morgan fingerprint density at radius 3 is 2.54 bits per heavy atom. The van der Waals surface area contributed by atoms with Gasteiger partial charge >= 0.3 is 12.1 Å². The fourth-order valence-electron chi connectivity index (χ4n) is 2.53. The highest BCUT2D eigenvalue weighted by Crippen LogP contribution is 2.18. The van der Waals surface area contributed by atoms with Gasteiger partial charge in [-0.3, -0.25) is 0 Å². The predicted octanol–water partition coefficient (Wildman–Crippen LogP) is 3.53. The maximum Gasteiger partial charge on any atom is 0.408 e. The van der Waals surface area contributed by atoms with Crippen molar-refractivity contribution in [2.24, 2.45) is 0 Å². The quantitative estimate of drug-likeness (QED) is 0.665. The van der Waals surface area contributed by atoms with Crippen LogP contribution in [0.1, 0.15) is 18.1 Å². The zero-order valence-electron chi connectivity index (χ0n) is 14.4. The molecule has 3 rings (SSSR count). The zero-order chi connectivity index (χ0) is 18.4. The van der Waals surface area contributed by atoms with E-state index in [1.807, 2.05) is 60.8 Å². The lowest BCUT2D eigenvalue weighted by Crippen LogP contribution is -2.39. The number of carbonyl (C=O) groups excluding carboxylic acids is 2. The number of rotatable bonds is 6. The van der Waals surface area contributed by atoms with Gasteiger partial charge in [-0.05, 0) is 18.6 Å². The van der Waals surface area contributed by atoms with Crippen molar-refractivity contribution in [1.82, 2.24) is 10.3 Å². The summed E-state index contributed by atoms with van der Waals surface area (Å²) < 4.78 is 10.4. The molecule has 1 atom stereocenters. The highest BCUT2D eigenvalue weighted by molar-refractivity contribution is 5.84. The second-order valence-corrected chi connectivity index (χ2v) is 5.89. The molecule has 1 amide bonds. The van der Waals surface area contributed by atoms with Crippen molar-refractivity contribution in [3.63, 3.8) is 0 Å². The summed E-state index contributed by atoms with van der Waals surface area (Å²) in [5.41, 5.74) is 2.74. The van der Waals surface area contributed by atoms with Crippen molar-refractivity contribution in [2.75, 3.05) is 0 Å². The molecular formula is C20H20N2O4. The number of hydrogen-bond acceptors (Lipinski definition) is 4. The van der Waals surface area contributed by atoms with Crippen LogP contribution >= 0.6 is 0 Å². The summed E-state index contributed by atoms with van der Waals surface area (Å²) in [6.07, 6.45) is 1.15. The van der Waals surface area contributed by atoms with Gasteiger partial charge in [0.1, 0.15) is 19.3 Å². The third-order valence-corrected chi connectivity index (χ3v) is 3.95. The van der Waals surface area contributed by atoms with Gasteiger partial charge in [0.25, 0.3) is 0 Å². The van der Waals surface area contributed by atoms with E-state index in [-0.39, 0.29) is 13.2 Å². The lowest BCUT2D eigenvalue weighted by Gasteiger charge is -2.13. The molecule has 0 bridgehead atoms. The summed E-state index contributed by atoms with van der Waals surface area (Å²) in [5.74, 6) is -0.521. The van der Waals surface area contributed by atoms with Crippen LogP contribution in [0.15, 0.2) is 60.8 Å². The molecule has 0 unspecified atom stereocenters. The van der Waals surface area contributed by atoms with Gasteiger partial charge in [0.2, 0.25) is 0 Å². The lowest BCUT2D eigenvalue weighted by molar-refractivity contribution is -0.146. The number of carbonyl (C=O) groups is 2. The number of H-pyrrole nitrogens is 1. The molecule has 6 heteroatoms. The van der Waals surface area contributed by atoms with E-state index < -0.39 is 18.1 Å². The number of ether oxygens (including phenoxy) is 2. The highest BCUT2D eigenvalue weighted by Gasteiger charge is 2.18. The SMILES string of the molecule is C[C@H](NC(=O)OCc1ccccc1)C(=O)OCc1c[nH]c2ccccc12. The van der Waals surface area contributed by atoms with Crippen molar-refractivity contribution in [3.05, 3.63) is 71.9 Å². The molecule has 134 valence electrons. The summed E-state index contributed by atoms with van der Waals surface area (Å²) in [5, 5.41) is 3.48. The molecule has 6 nitrogen and oxygen atoms in total. The van der Waals surface area contributed by atoms with Gasteiger partial charge < -0.3 is 19.8 Å². The van der Waals surface area contributed by atoms with Gasteiger partial charge in [0.05, 0.1) is 0 Å². The number of alkyl carbamates (subject to hydrolysis) is 1. The van der Waals surface area contributed by atoms with E-state index in [2.05, 4.69) is 10.3 Å². The van der Waals surface area contributed by atoms with Crippen LogP contribution in [0.3, 0.4) is 0 Å². The Morgan fingerprint density at radius 2 is 1.73 bits per heavy atom. The number of para-hydroxylation sites is 1. The number of fused-ring (bicyclic) bond motifs is 1. The molecule has 0 aliphatic carbocycles. The first-order chi connectivity index (χ1) is 12.6. The lowest BCUT2D eigenvalue weighted by atomic mass is 10.2. The highest BCUT2D eigenvalue weighted by atomic mass is 16.6. The normalized spacial score (nSPS) is 11.7. The Bertz CT molecular complexity index is 889. The Kier molecular flexibility index (Phi) is 5.53. The predicted molar refractivity (Wildman–Crippen MR) is 97.3 cm³/mol. The van der Waals surface area contributed by atoms with Crippen molar-refractivity contribution in [3.8, 4) is 0 Å². The average Bonchev–Trinajstić information content (AvgIpc) is 3.08. The summed E-state index contributed by atoms with van der Waals surface area (Å²) in [7, 11) is 0. The third kappa shape index (κ3) is 4.42. The minimum Gasteiger partial charge on any atom is -0.459 e. The summed E-state index contributed by atoms with van der Waals surface area (Å²) in [6.45, 7) is 1.83. The number of hydrogen-bond donors (Lipinski definition) is 2. The fraction of sp³-hybridized carbons (Fsp3) is 0.200. The van der Waals surface area contributed by atoms with Crippen LogP contribution in [0, 0.1) is 0 Å². The Morgan fingerprint density at radius 1 is 1.00 bits per heavy atom. The Balaban J connectivity index is 1.46. The van der Waals surface area contributed by atoms with Crippen LogP contribution in [0.2, 0.25) is 0 Å². The second kappa shape index (κ2) is 8.20. The minimum atomic E-state index is -0.802. The molecule has 0 saturated carbocycles. The molecule has 0 saturated heterocycles. The first-order valence-electron chi connectivity index (χ1n) is 8.32. The van der Waals surface area contributed by atoms with Crippen LogP contribution in [-0.4, -0.2) is 23.1 Å². The van der Waals surface area contributed by atoms with Gasteiger partial charge in [-0.25, -0.2) is 9.59 Å². The fourth-order valence-corrected chi connectivity index (χ4v) is 2.53. The van der Waals surface area contributed by atoms with Gasteiger partial charge in [0, 0.05) is 22.7 Å². The molecule has 0 fully saturated rings. The maximum absolute atomic E-state index is 12.1. The van der Waals surface area contributed by atoms with Crippen molar-refractivity contribution in [1.29, 1.82) is 0 Å². The number of aromatic amines is 1. The molecule has 3 aromatic rings. The van der Waals surface area contributed by atoms with Gasteiger partial charge in [-0.2, -0.15) is 0 Å². The smallest absolute Gasteiger partial charge is 0.408 e. The van der Waals surface area contributed by atoms with Crippen LogP contribution in [0.4, 0.5) is 4.79 Å². The number of aromatic nitrogens is 1. The molecule has 2 aromatic carbocycles. The van der Waals surface area contributed by atoms with E-state index >= 15 is 0 Å². The van der Waals surface area contributed by atoms with E-state index in [1.54, 1.807) is 6.92 Å². The van der Waals surface area contributed by atoms with Gasteiger partial charge in [0.15, 0.2) is 0 Å². The molecule has 0 aliphatic heterocycles. The van der Waals surface area contributed by atoms with Crippen molar-refractivity contribution in [2.45, 2.75) is 26.2 Å². The Hall–Kier alpha value is -3.28. The number of amides is 1. The first-order valence-corrected chi connectivity index (χ1v) is 8.32. The molecule has 0 aliphatic rings. The van der Waals surface area contributed by atoms with Crippen molar-refractivity contribution >= 4 is 23.0 Å². The Labute approximate surface area is 151 Å².